The second-order valence-corrected chi connectivity index (χ2v) is 10.3. The topological polar surface area (TPSA) is 66.4 Å². The molecule has 2 N–H and O–H groups in total. The predicted molar refractivity (Wildman–Crippen MR) is 115 cm³/mol. The molecule has 30 heavy (non-hydrogen) atoms. The Kier molecular flexibility index (Phi) is 7.21. The van der Waals surface area contributed by atoms with Gasteiger partial charge in [-0.05, 0) is 48.4 Å². The van der Waals surface area contributed by atoms with Gasteiger partial charge >= 0.3 is 5.51 Å². The Morgan fingerprint density at radius 3 is 2.27 bits per heavy atom. The van der Waals surface area contributed by atoms with Crippen LogP contribution < -0.4 is 5.32 Å². The van der Waals surface area contributed by atoms with Crippen LogP contribution >= 0.6 is 23.4 Å². The van der Waals surface area contributed by atoms with E-state index < -0.39 is 32.5 Å². The minimum Gasteiger partial charge on any atom is -0.507 e. The normalized spacial score (nSPS) is 13.2. The van der Waals surface area contributed by atoms with Crippen LogP contribution in [0.1, 0.15) is 42.3 Å². The number of thioether (sulfide) groups is 1. The summed E-state index contributed by atoms with van der Waals surface area (Å²) in [5.74, 6) is -0.820. The average Bonchev–Trinajstić information content (AvgIpc) is 2.61. The van der Waals surface area contributed by atoms with Gasteiger partial charge in [-0.1, -0.05) is 32.4 Å². The highest BCUT2D eigenvalue weighted by atomic mass is 35.5. The van der Waals surface area contributed by atoms with Crippen LogP contribution in [0.5, 0.6) is 5.75 Å². The lowest BCUT2D eigenvalue weighted by Gasteiger charge is -2.24. The first-order valence-electron chi connectivity index (χ1n) is 8.69. The lowest BCUT2D eigenvalue weighted by atomic mass is 9.84. The van der Waals surface area contributed by atoms with Gasteiger partial charge in [0.2, 0.25) is 0 Å². The Bertz CT molecular complexity index is 1020. The van der Waals surface area contributed by atoms with Crippen molar-refractivity contribution in [2.45, 2.75) is 48.4 Å². The van der Waals surface area contributed by atoms with Gasteiger partial charge < -0.3 is 10.4 Å². The first kappa shape index (κ1) is 24.6. The van der Waals surface area contributed by atoms with Gasteiger partial charge in [0.1, 0.15) is 5.75 Å². The molecule has 0 spiro atoms. The lowest BCUT2D eigenvalue weighted by Crippen LogP contribution is -2.19. The van der Waals surface area contributed by atoms with Gasteiger partial charge in [0, 0.05) is 15.4 Å². The van der Waals surface area contributed by atoms with Crippen LogP contribution in [0.3, 0.4) is 0 Å². The number of phenolic OH excluding ortho intramolecular Hbond substituents is 1. The van der Waals surface area contributed by atoms with Crippen LogP contribution in [0.15, 0.2) is 34.1 Å². The predicted octanol–water partition coefficient (Wildman–Crippen LogP) is 6.25. The third kappa shape index (κ3) is 5.12. The van der Waals surface area contributed by atoms with E-state index in [-0.39, 0.29) is 22.0 Å². The molecule has 0 bridgehead atoms. The smallest absolute Gasteiger partial charge is 0.475 e. The Morgan fingerprint density at radius 2 is 1.80 bits per heavy atom. The molecular weight excluding hydrogens is 459 g/mol. The number of alkyl halides is 3. The molecule has 0 radical (unpaired) electrons. The van der Waals surface area contributed by atoms with E-state index in [0.717, 1.165) is 23.1 Å². The summed E-state index contributed by atoms with van der Waals surface area (Å²) in [6.45, 7) is 7.41. The highest BCUT2D eigenvalue weighted by Crippen LogP contribution is 2.40. The third-order valence-electron chi connectivity index (χ3n) is 4.38. The Labute approximate surface area is 184 Å². The Hall–Kier alpha value is -1.71. The van der Waals surface area contributed by atoms with Crippen molar-refractivity contribution in [3.63, 3.8) is 0 Å². The number of phenols is 1. The van der Waals surface area contributed by atoms with E-state index >= 15 is 0 Å². The van der Waals surface area contributed by atoms with Crippen molar-refractivity contribution in [3.05, 3.63) is 46.0 Å². The minimum atomic E-state index is -4.92. The standard InChI is InChI=1S/C20H21ClF3NO3S2/c1-10-15(29-5)9-12(19(2,3)4)17(26)16(10)18(27)25-14-7-6-11(8-13(14)21)30(28)20(22,23)24/h6-9,26H,1-5H3,(H,25,27). The first-order chi connectivity index (χ1) is 13.7. The summed E-state index contributed by atoms with van der Waals surface area (Å²) in [5, 5.41) is 13.1. The number of hydrogen-bond acceptors (Lipinski definition) is 4. The van der Waals surface area contributed by atoms with Crippen LogP contribution in [0.2, 0.25) is 5.02 Å². The van der Waals surface area contributed by atoms with Gasteiger partial charge in [0.25, 0.3) is 5.91 Å². The number of halogens is 4. The summed E-state index contributed by atoms with van der Waals surface area (Å²) < 4.78 is 49.4. The van der Waals surface area contributed by atoms with Crippen LogP contribution in [0.4, 0.5) is 18.9 Å². The van der Waals surface area contributed by atoms with Crippen LogP contribution in [-0.4, -0.2) is 27.0 Å². The van der Waals surface area contributed by atoms with Crippen molar-refractivity contribution in [1.29, 1.82) is 0 Å². The first-order valence-corrected chi connectivity index (χ1v) is 11.4. The summed E-state index contributed by atoms with van der Waals surface area (Å²) >= 11 is 7.44. The summed E-state index contributed by atoms with van der Waals surface area (Å²) in [6.07, 6.45) is 1.85. The number of carbonyl (C=O) groups excluding carboxylic acids is 1. The summed E-state index contributed by atoms with van der Waals surface area (Å²) in [7, 11) is -3.23. The summed E-state index contributed by atoms with van der Waals surface area (Å²) in [6, 6.07) is 4.86. The van der Waals surface area contributed by atoms with E-state index in [0.29, 0.717) is 11.1 Å². The molecule has 2 aromatic carbocycles. The number of carbonyl (C=O) groups is 1. The SMILES string of the molecule is CSc1cc(C(C)(C)C)c(O)c(C(=O)Nc2ccc(S(=O)C(F)(F)F)cc2Cl)c1C. The zero-order valence-electron chi connectivity index (χ0n) is 16.9. The van der Waals surface area contributed by atoms with Gasteiger partial charge in [-0.25, -0.2) is 4.21 Å². The van der Waals surface area contributed by atoms with Crippen LogP contribution in [0.25, 0.3) is 0 Å². The van der Waals surface area contributed by atoms with E-state index in [2.05, 4.69) is 5.32 Å². The van der Waals surface area contributed by atoms with Gasteiger partial charge in [-0.2, -0.15) is 13.2 Å². The fourth-order valence-electron chi connectivity index (χ4n) is 2.84. The molecule has 0 fully saturated rings. The molecular formula is C20H21ClF3NO3S2. The molecule has 0 aliphatic heterocycles. The highest BCUT2D eigenvalue weighted by Gasteiger charge is 2.38. The maximum Gasteiger partial charge on any atom is 0.475 e. The minimum absolute atomic E-state index is 0.0373. The van der Waals surface area contributed by atoms with E-state index in [4.69, 9.17) is 11.6 Å². The van der Waals surface area contributed by atoms with Crippen molar-refractivity contribution >= 4 is 45.8 Å². The molecule has 0 aromatic heterocycles. The molecule has 164 valence electrons. The van der Waals surface area contributed by atoms with E-state index in [1.807, 2.05) is 33.1 Å². The zero-order chi connectivity index (χ0) is 23.0. The van der Waals surface area contributed by atoms with Gasteiger partial charge in [-0.15, -0.1) is 11.8 Å². The van der Waals surface area contributed by atoms with Crippen molar-refractivity contribution in [3.8, 4) is 5.75 Å². The van der Waals surface area contributed by atoms with Crippen molar-refractivity contribution in [2.24, 2.45) is 0 Å². The van der Waals surface area contributed by atoms with E-state index in [1.54, 1.807) is 6.92 Å². The average molecular weight is 480 g/mol. The molecule has 2 aromatic rings. The van der Waals surface area contributed by atoms with Crippen molar-refractivity contribution in [2.75, 3.05) is 11.6 Å². The molecule has 0 saturated carbocycles. The maximum atomic E-state index is 13.0. The molecule has 10 heteroatoms. The highest BCUT2D eigenvalue weighted by molar-refractivity contribution is 7.98. The number of nitrogens with one attached hydrogen (secondary N) is 1. The number of anilines is 1. The zero-order valence-corrected chi connectivity index (χ0v) is 19.3. The van der Waals surface area contributed by atoms with Gasteiger partial charge in [-0.3, -0.25) is 4.79 Å². The number of amides is 1. The molecule has 0 saturated heterocycles. The molecule has 0 aliphatic carbocycles. The lowest BCUT2D eigenvalue weighted by molar-refractivity contribution is -0.0384. The second kappa shape index (κ2) is 8.80. The Balaban J connectivity index is 2.47. The molecule has 0 aliphatic rings. The maximum absolute atomic E-state index is 13.0. The number of rotatable bonds is 4. The van der Waals surface area contributed by atoms with Crippen molar-refractivity contribution in [1.82, 2.24) is 0 Å². The molecule has 1 unspecified atom stereocenters. The molecule has 0 heterocycles. The van der Waals surface area contributed by atoms with Crippen LogP contribution in [0, 0.1) is 6.92 Å². The number of aromatic hydroxyl groups is 1. The van der Waals surface area contributed by atoms with Crippen LogP contribution in [-0.2, 0) is 16.2 Å². The van der Waals surface area contributed by atoms with E-state index in [1.165, 1.54) is 11.8 Å². The molecule has 1 amide bonds. The molecule has 2 rings (SSSR count). The monoisotopic (exact) mass is 479 g/mol. The summed E-state index contributed by atoms with van der Waals surface area (Å²) in [4.78, 5) is 13.2. The number of hydrogen-bond donors (Lipinski definition) is 2. The van der Waals surface area contributed by atoms with Gasteiger partial charge in [0.05, 0.1) is 16.3 Å². The molecule has 1 atom stereocenters. The third-order valence-corrected chi connectivity index (χ3v) is 6.66. The fraction of sp³-hybridized carbons (Fsp3) is 0.350. The fourth-order valence-corrected chi connectivity index (χ4v) is 4.46. The quantitative estimate of drug-likeness (QED) is 0.508. The Morgan fingerprint density at radius 1 is 1.20 bits per heavy atom. The van der Waals surface area contributed by atoms with Gasteiger partial charge in [0.15, 0.2) is 10.8 Å². The number of benzene rings is 2. The summed E-state index contributed by atoms with van der Waals surface area (Å²) in [5.41, 5.74) is -4.10. The molecule has 4 nitrogen and oxygen atoms in total. The largest absolute Gasteiger partial charge is 0.507 e. The van der Waals surface area contributed by atoms with E-state index in [9.17, 15) is 27.3 Å². The van der Waals surface area contributed by atoms with Crippen molar-refractivity contribution < 1.29 is 27.3 Å². The second-order valence-electron chi connectivity index (χ2n) is 7.54.